The summed E-state index contributed by atoms with van der Waals surface area (Å²) in [6.07, 6.45) is 5.99. The van der Waals surface area contributed by atoms with Crippen LogP contribution in [0.15, 0.2) is 72.5 Å². The number of piperidine rings is 1. The van der Waals surface area contributed by atoms with E-state index in [9.17, 15) is 24.0 Å². The maximum atomic E-state index is 16.1. The SMILES string of the molecule is Cn1nc(N2CCC(=O)NC2=O)c2ccc(C3CCN(CC(=O)N4CCCN(c5ccc(-c6cc(F)c7c(c6)C(=O)C(C(C(=O)Nc6nccs6)c6ncn8c6CCC8)C7)cc5)CC4)CC3(F)F)cc21. The molecular weight excluding hydrogens is 924 g/mol. The minimum Gasteiger partial charge on any atom is -0.370 e. The average molecular weight is 974 g/mol. The molecule has 0 spiro atoms. The quantitative estimate of drug-likeness (QED) is 0.157. The molecule has 3 aromatic carbocycles. The molecule has 3 unspecified atom stereocenters. The van der Waals surface area contributed by atoms with E-state index in [1.807, 2.05) is 28.8 Å². The molecule has 1 aliphatic carbocycles. The maximum absolute atomic E-state index is 16.1. The van der Waals surface area contributed by atoms with Gasteiger partial charge in [-0.3, -0.25) is 39.0 Å². The summed E-state index contributed by atoms with van der Waals surface area (Å²) in [6.45, 7) is 2.70. The van der Waals surface area contributed by atoms with Crippen molar-refractivity contribution >= 4 is 68.4 Å². The Kier molecular flexibility index (Phi) is 11.8. The number of urea groups is 1. The summed E-state index contributed by atoms with van der Waals surface area (Å²) in [5.74, 6) is -7.35. The Balaban J connectivity index is 0.715. The summed E-state index contributed by atoms with van der Waals surface area (Å²) in [5.41, 5.74) is 5.25. The second-order valence-electron chi connectivity index (χ2n) is 18.9. The van der Waals surface area contributed by atoms with Crippen LogP contribution in [0.4, 0.5) is 34.6 Å². The molecule has 70 heavy (non-hydrogen) atoms. The second kappa shape index (κ2) is 18.1. The highest BCUT2D eigenvalue weighted by molar-refractivity contribution is 7.13. The Morgan fingerprint density at radius 3 is 2.56 bits per heavy atom. The summed E-state index contributed by atoms with van der Waals surface area (Å²) in [5, 5.41) is 12.4. The number of ketones is 1. The molecule has 0 saturated carbocycles. The van der Waals surface area contributed by atoms with Crippen LogP contribution < -0.4 is 20.4 Å². The first-order chi connectivity index (χ1) is 33.8. The zero-order chi connectivity index (χ0) is 48.4. The number of rotatable bonds is 10. The number of alkyl halides is 2. The van der Waals surface area contributed by atoms with E-state index in [0.717, 1.165) is 30.8 Å². The monoisotopic (exact) mass is 973 g/mol. The van der Waals surface area contributed by atoms with Crippen LogP contribution in [0, 0.1) is 11.7 Å². The number of aryl methyl sites for hydroxylation is 2. The van der Waals surface area contributed by atoms with Crippen LogP contribution in [0.25, 0.3) is 22.0 Å². The lowest BCUT2D eigenvalue weighted by molar-refractivity contribution is -0.136. The molecule has 3 aromatic heterocycles. The van der Waals surface area contributed by atoms with Gasteiger partial charge in [0.1, 0.15) is 5.82 Å². The number of imidazole rings is 1. The predicted octanol–water partition coefficient (Wildman–Crippen LogP) is 6.37. The zero-order valence-corrected chi connectivity index (χ0v) is 39.2. The fourth-order valence-corrected chi connectivity index (χ4v) is 11.6. The highest BCUT2D eigenvalue weighted by atomic mass is 32.1. The third-order valence-electron chi connectivity index (χ3n) is 14.7. The van der Waals surface area contributed by atoms with Crippen molar-refractivity contribution < 1.29 is 37.1 Å². The van der Waals surface area contributed by atoms with E-state index >= 15 is 13.2 Å². The number of amides is 5. The Hall–Kier alpha value is -6.93. The number of nitrogens with one attached hydrogen (secondary N) is 2. The lowest BCUT2D eigenvalue weighted by atomic mass is 9.84. The number of fused-ring (bicyclic) bond motifs is 3. The van der Waals surface area contributed by atoms with Gasteiger partial charge in [-0.2, -0.15) is 5.10 Å². The topological polar surface area (TPSA) is 171 Å². The fourth-order valence-electron chi connectivity index (χ4n) is 11.1. The van der Waals surface area contributed by atoms with Gasteiger partial charge in [0, 0.05) is 92.6 Å². The first kappa shape index (κ1) is 45.5. The fraction of sp³-hybridized carbons (Fsp3) is 0.400. The van der Waals surface area contributed by atoms with Gasteiger partial charge in [0.25, 0.3) is 5.92 Å². The van der Waals surface area contributed by atoms with E-state index in [0.29, 0.717) is 88.9 Å². The highest BCUT2D eigenvalue weighted by Gasteiger charge is 2.47. The number of carbonyl (C=O) groups excluding carboxylic acids is 5. The van der Waals surface area contributed by atoms with Gasteiger partial charge >= 0.3 is 6.03 Å². The standard InChI is InChI=1S/C50H50F3N11O5S/c1-59-40-24-30(7-10-33(40)46(58-59)64-18-12-41(65)56-49(64)69)37-11-17-60(27-50(37,52)53)26-42(66)62-16-3-15-61(19-20-62)32-8-5-29(6-9-32)31-22-35-34(38(51)23-31)25-36(45(35)67)43(47(68)57-48-54-13-21-70-48)44-39-4-2-14-63(39)28-55-44/h5-10,13,21-24,28,36-37,43H,2-4,11-12,14-20,25-27H2,1H3,(H,54,57,68)(H,56,65,69). The van der Waals surface area contributed by atoms with Crippen LogP contribution >= 0.6 is 11.3 Å². The van der Waals surface area contributed by atoms with Crippen LogP contribution in [0.2, 0.25) is 0 Å². The number of thiazole rings is 1. The number of Topliss-reactive ketones (excluding diaryl/α,β-unsaturated/α-hetero) is 1. The molecule has 5 amide bonds. The molecule has 3 fully saturated rings. The largest absolute Gasteiger partial charge is 0.370 e. The van der Waals surface area contributed by atoms with Crippen LogP contribution in [-0.2, 0) is 40.8 Å². The minimum atomic E-state index is -3.11. The van der Waals surface area contributed by atoms with Crippen LogP contribution in [-0.4, -0.2) is 122 Å². The summed E-state index contributed by atoms with van der Waals surface area (Å²) in [4.78, 5) is 81.7. The summed E-state index contributed by atoms with van der Waals surface area (Å²) < 4.78 is 51.6. The molecule has 0 bridgehead atoms. The molecule has 362 valence electrons. The number of likely N-dealkylation sites (tertiary alicyclic amines) is 1. The van der Waals surface area contributed by atoms with E-state index < -0.39 is 48.0 Å². The first-order valence-corrected chi connectivity index (χ1v) is 24.6. The number of benzene rings is 3. The normalized spacial score (nSPS) is 20.9. The third kappa shape index (κ3) is 8.39. The van der Waals surface area contributed by atoms with Gasteiger partial charge in [0.05, 0.1) is 42.5 Å². The molecule has 16 nitrogen and oxygen atoms in total. The molecule has 3 atom stereocenters. The van der Waals surface area contributed by atoms with Crippen molar-refractivity contribution in [1.29, 1.82) is 0 Å². The molecule has 5 aliphatic rings. The third-order valence-corrected chi connectivity index (χ3v) is 15.4. The van der Waals surface area contributed by atoms with Crippen molar-refractivity contribution in [3.8, 4) is 11.1 Å². The lowest BCUT2D eigenvalue weighted by Crippen LogP contribution is -2.51. The number of aromatic nitrogens is 5. The number of carbonyl (C=O) groups is 5. The Morgan fingerprint density at radius 2 is 1.77 bits per heavy atom. The van der Waals surface area contributed by atoms with Crippen molar-refractivity contribution in [2.75, 3.05) is 67.5 Å². The van der Waals surface area contributed by atoms with E-state index in [1.54, 1.807) is 58.8 Å². The average Bonchev–Trinajstić information content (AvgIpc) is 4.18. The van der Waals surface area contributed by atoms with Gasteiger partial charge in [-0.15, -0.1) is 11.3 Å². The molecule has 0 radical (unpaired) electrons. The number of hydrogen-bond acceptors (Lipinski definition) is 11. The molecule has 2 N–H and O–H groups in total. The Labute approximate surface area is 404 Å². The van der Waals surface area contributed by atoms with E-state index in [-0.39, 0.29) is 55.5 Å². The van der Waals surface area contributed by atoms with Gasteiger partial charge in [0.2, 0.25) is 17.7 Å². The zero-order valence-electron chi connectivity index (χ0n) is 38.4. The van der Waals surface area contributed by atoms with Crippen LogP contribution in [0.5, 0.6) is 0 Å². The first-order valence-electron chi connectivity index (χ1n) is 23.7. The molecule has 4 aliphatic heterocycles. The smallest absolute Gasteiger partial charge is 0.329 e. The van der Waals surface area contributed by atoms with Crippen LogP contribution in [0.1, 0.15) is 70.4 Å². The number of anilines is 3. The summed E-state index contributed by atoms with van der Waals surface area (Å²) in [7, 11) is 1.69. The van der Waals surface area contributed by atoms with Gasteiger partial charge in [0.15, 0.2) is 16.7 Å². The number of nitrogens with zero attached hydrogens (tertiary/aromatic N) is 9. The van der Waals surface area contributed by atoms with Crippen molar-refractivity contribution in [3.05, 3.63) is 106 Å². The lowest BCUT2D eigenvalue weighted by Gasteiger charge is -2.39. The van der Waals surface area contributed by atoms with Crippen molar-refractivity contribution in [3.63, 3.8) is 0 Å². The molecule has 6 aromatic rings. The number of halogens is 3. The maximum Gasteiger partial charge on any atom is 0.329 e. The van der Waals surface area contributed by atoms with E-state index in [2.05, 4.69) is 30.6 Å². The van der Waals surface area contributed by atoms with Crippen molar-refractivity contribution in [1.82, 2.24) is 39.4 Å². The van der Waals surface area contributed by atoms with Gasteiger partial charge < -0.3 is 19.7 Å². The van der Waals surface area contributed by atoms with E-state index in [1.165, 1.54) is 27.2 Å². The van der Waals surface area contributed by atoms with Crippen molar-refractivity contribution in [2.45, 2.75) is 62.8 Å². The van der Waals surface area contributed by atoms with Gasteiger partial charge in [-0.05, 0) is 97.3 Å². The Bertz CT molecular complexity index is 3070. The second-order valence-corrected chi connectivity index (χ2v) is 19.8. The summed E-state index contributed by atoms with van der Waals surface area (Å²) >= 11 is 1.28. The predicted molar refractivity (Wildman–Crippen MR) is 256 cm³/mol. The number of imide groups is 1. The van der Waals surface area contributed by atoms with Crippen LogP contribution in [0.3, 0.4) is 0 Å². The molecule has 7 heterocycles. The van der Waals surface area contributed by atoms with Crippen molar-refractivity contribution in [2.24, 2.45) is 13.0 Å². The minimum absolute atomic E-state index is 0.0723. The number of hydrogen-bond donors (Lipinski definition) is 2. The molecular formula is C50H50F3N11O5S. The van der Waals surface area contributed by atoms with E-state index in [4.69, 9.17) is 0 Å². The van der Waals surface area contributed by atoms with Gasteiger partial charge in [-0.1, -0.05) is 18.2 Å². The summed E-state index contributed by atoms with van der Waals surface area (Å²) in [6, 6.07) is 15.3. The molecule has 3 saturated heterocycles. The van der Waals surface area contributed by atoms with Gasteiger partial charge in [-0.25, -0.2) is 27.9 Å². The Morgan fingerprint density at radius 1 is 0.929 bits per heavy atom. The highest BCUT2D eigenvalue weighted by Crippen LogP contribution is 2.44. The molecule has 20 heteroatoms. The molecule has 11 rings (SSSR count).